The Morgan fingerprint density at radius 1 is 1.44 bits per heavy atom. The third kappa shape index (κ3) is 2.55. The first kappa shape index (κ1) is 12.7. The second-order valence-corrected chi connectivity index (χ2v) is 5.02. The summed E-state index contributed by atoms with van der Waals surface area (Å²) in [6, 6.07) is 2.92. The van der Waals surface area contributed by atoms with Crippen molar-refractivity contribution in [3.05, 3.63) is 24.0 Å². The minimum atomic E-state index is -0.950. The fourth-order valence-electron chi connectivity index (χ4n) is 2.06. The van der Waals surface area contributed by atoms with Gasteiger partial charge >= 0.3 is 5.97 Å². The summed E-state index contributed by atoms with van der Waals surface area (Å²) in [5.41, 5.74) is 0.511. The van der Waals surface area contributed by atoms with Gasteiger partial charge in [0.1, 0.15) is 11.7 Å². The fourth-order valence-corrected chi connectivity index (χ4v) is 2.06. The van der Waals surface area contributed by atoms with Gasteiger partial charge < -0.3 is 15.0 Å². The molecular weight excluding hydrogens is 232 g/mol. The Morgan fingerprint density at radius 3 is 2.61 bits per heavy atom. The maximum absolute atomic E-state index is 12.1. The van der Waals surface area contributed by atoms with Crippen LogP contribution in [0.15, 0.2) is 18.3 Å². The van der Waals surface area contributed by atoms with E-state index in [4.69, 9.17) is 5.11 Å². The second kappa shape index (κ2) is 4.84. The Kier molecular flexibility index (Phi) is 3.41. The number of hydrogen-bond donors (Lipinski definition) is 2. The van der Waals surface area contributed by atoms with Crippen molar-refractivity contribution in [2.45, 2.75) is 38.8 Å². The van der Waals surface area contributed by atoms with Gasteiger partial charge in [0.15, 0.2) is 0 Å². The molecule has 18 heavy (non-hydrogen) atoms. The van der Waals surface area contributed by atoms with Crippen molar-refractivity contribution in [1.82, 2.24) is 9.88 Å². The highest BCUT2D eigenvalue weighted by Gasteiger charge is 2.37. The molecule has 0 bridgehead atoms. The van der Waals surface area contributed by atoms with Crippen molar-refractivity contribution in [2.75, 3.05) is 0 Å². The molecule has 5 nitrogen and oxygen atoms in total. The molecule has 0 aromatic carbocycles. The van der Waals surface area contributed by atoms with E-state index in [9.17, 15) is 9.59 Å². The summed E-state index contributed by atoms with van der Waals surface area (Å²) in [7, 11) is 0. The number of carbonyl (C=O) groups is 2. The number of aliphatic carboxylic acids is 1. The highest BCUT2D eigenvalue weighted by molar-refractivity contribution is 5.95. The summed E-state index contributed by atoms with van der Waals surface area (Å²) in [6.45, 7) is 3.96. The van der Waals surface area contributed by atoms with E-state index in [2.05, 4.69) is 5.32 Å². The van der Waals surface area contributed by atoms with Crippen molar-refractivity contribution in [2.24, 2.45) is 5.92 Å². The predicted molar refractivity (Wildman–Crippen MR) is 66.4 cm³/mol. The quantitative estimate of drug-likeness (QED) is 0.835. The van der Waals surface area contributed by atoms with Gasteiger partial charge in [-0.05, 0) is 44.7 Å². The molecule has 2 N–H and O–H groups in total. The van der Waals surface area contributed by atoms with Crippen LogP contribution in [0.25, 0.3) is 0 Å². The van der Waals surface area contributed by atoms with E-state index >= 15 is 0 Å². The first-order valence-electron chi connectivity index (χ1n) is 6.21. The Balaban J connectivity index is 2.11. The van der Waals surface area contributed by atoms with Crippen LogP contribution in [0.1, 0.15) is 43.2 Å². The molecule has 1 heterocycles. The molecule has 1 atom stereocenters. The molecule has 0 spiro atoms. The summed E-state index contributed by atoms with van der Waals surface area (Å²) < 4.78 is 1.83. The Morgan fingerprint density at radius 2 is 2.11 bits per heavy atom. The zero-order chi connectivity index (χ0) is 13.3. The van der Waals surface area contributed by atoms with Crippen molar-refractivity contribution in [3.8, 4) is 0 Å². The average molecular weight is 250 g/mol. The Labute approximate surface area is 106 Å². The first-order valence-corrected chi connectivity index (χ1v) is 6.21. The molecule has 0 radical (unpaired) electrons. The lowest BCUT2D eigenvalue weighted by Crippen LogP contribution is -2.43. The number of nitrogens with zero attached hydrogens (tertiary/aromatic N) is 1. The van der Waals surface area contributed by atoms with Crippen molar-refractivity contribution in [1.29, 1.82) is 0 Å². The smallest absolute Gasteiger partial charge is 0.326 e. The van der Waals surface area contributed by atoms with Crippen LogP contribution in [0.4, 0.5) is 0 Å². The maximum atomic E-state index is 12.1. The normalized spacial score (nSPS) is 16.6. The SMILES string of the molecule is CC(C)n1cccc1C(=O)NC(C(=O)O)C1CC1. The lowest BCUT2D eigenvalue weighted by atomic mass is 10.2. The molecule has 1 fully saturated rings. The molecule has 1 aromatic heterocycles. The van der Waals surface area contributed by atoms with Gasteiger partial charge in [0.2, 0.25) is 0 Å². The van der Waals surface area contributed by atoms with E-state index in [1.54, 1.807) is 12.1 Å². The number of amides is 1. The van der Waals surface area contributed by atoms with Crippen molar-refractivity contribution in [3.63, 3.8) is 0 Å². The third-order valence-corrected chi connectivity index (χ3v) is 3.21. The van der Waals surface area contributed by atoms with E-state index in [0.717, 1.165) is 12.8 Å². The van der Waals surface area contributed by atoms with E-state index in [0.29, 0.717) is 5.69 Å². The minimum Gasteiger partial charge on any atom is -0.480 e. The maximum Gasteiger partial charge on any atom is 0.326 e. The number of carboxylic acids is 1. The number of aromatic nitrogens is 1. The molecule has 98 valence electrons. The molecule has 1 aliphatic carbocycles. The lowest BCUT2D eigenvalue weighted by Gasteiger charge is -2.16. The Bertz CT molecular complexity index is 461. The summed E-state index contributed by atoms with van der Waals surface area (Å²) >= 11 is 0. The fraction of sp³-hybridized carbons (Fsp3) is 0.538. The van der Waals surface area contributed by atoms with Crippen LogP contribution in [0, 0.1) is 5.92 Å². The van der Waals surface area contributed by atoms with Gasteiger partial charge in [0, 0.05) is 12.2 Å². The van der Waals surface area contributed by atoms with Gasteiger partial charge in [-0.25, -0.2) is 4.79 Å². The Hall–Kier alpha value is -1.78. The van der Waals surface area contributed by atoms with Gasteiger partial charge in [-0.15, -0.1) is 0 Å². The monoisotopic (exact) mass is 250 g/mol. The van der Waals surface area contributed by atoms with Gasteiger partial charge in [-0.2, -0.15) is 0 Å². The molecule has 0 aliphatic heterocycles. The number of nitrogens with one attached hydrogen (secondary N) is 1. The van der Waals surface area contributed by atoms with Crippen LogP contribution >= 0.6 is 0 Å². The van der Waals surface area contributed by atoms with Gasteiger partial charge in [-0.3, -0.25) is 4.79 Å². The summed E-state index contributed by atoms with van der Waals surface area (Å²) in [6.07, 6.45) is 3.58. The molecular formula is C13H18N2O3. The van der Waals surface area contributed by atoms with Crippen LogP contribution < -0.4 is 5.32 Å². The zero-order valence-corrected chi connectivity index (χ0v) is 10.6. The van der Waals surface area contributed by atoms with Crippen LogP contribution in [-0.2, 0) is 4.79 Å². The molecule has 1 aliphatic rings. The van der Waals surface area contributed by atoms with Gasteiger partial charge in [-0.1, -0.05) is 0 Å². The first-order chi connectivity index (χ1) is 8.50. The molecule has 1 saturated carbocycles. The van der Waals surface area contributed by atoms with E-state index < -0.39 is 12.0 Å². The number of carbonyl (C=O) groups excluding carboxylic acids is 1. The lowest BCUT2D eigenvalue weighted by molar-refractivity contribution is -0.139. The zero-order valence-electron chi connectivity index (χ0n) is 10.6. The second-order valence-electron chi connectivity index (χ2n) is 5.02. The number of rotatable bonds is 5. The molecule has 0 saturated heterocycles. The predicted octanol–water partition coefficient (Wildman–Crippen LogP) is 1.66. The van der Waals surface area contributed by atoms with Crippen molar-refractivity contribution >= 4 is 11.9 Å². The van der Waals surface area contributed by atoms with Gasteiger partial charge in [0.25, 0.3) is 5.91 Å². The van der Waals surface area contributed by atoms with Crippen LogP contribution in [-0.4, -0.2) is 27.6 Å². The van der Waals surface area contributed by atoms with Crippen LogP contribution in [0.3, 0.4) is 0 Å². The minimum absolute atomic E-state index is 0.0916. The third-order valence-electron chi connectivity index (χ3n) is 3.21. The summed E-state index contributed by atoms with van der Waals surface area (Å²) in [5.74, 6) is -1.17. The van der Waals surface area contributed by atoms with Crippen LogP contribution in [0.5, 0.6) is 0 Å². The molecule has 1 amide bonds. The standard InChI is InChI=1S/C13H18N2O3/c1-8(2)15-7-3-4-10(15)12(16)14-11(13(17)18)9-5-6-9/h3-4,7-9,11H,5-6H2,1-2H3,(H,14,16)(H,17,18). The largest absolute Gasteiger partial charge is 0.480 e. The molecule has 1 unspecified atom stereocenters. The molecule has 1 aromatic rings. The average Bonchev–Trinajstić information content (AvgIpc) is 3.00. The van der Waals surface area contributed by atoms with Gasteiger partial charge in [0.05, 0.1) is 0 Å². The summed E-state index contributed by atoms with van der Waals surface area (Å²) in [5, 5.41) is 11.7. The molecule has 5 heteroatoms. The highest BCUT2D eigenvalue weighted by atomic mass is 16.4. The number of carboxylic acid groups (broad SMARTS) is 1. The highest BCUT2D eigenvalue weighted by Crippen LogP contribution is 2.32. The van der Waals surface area contributed by atoms with E-state index in [-0.39, 0.29) is 17.9 Å². The van der Waals surface area contributed by atoms with E-state index in [1.165, 1.54) is 0 Å². The number of hydrogen-bond acceptors (Lipinski definition) is 2. The van der Waals surface area contributed by atoms with Crippen LogP contribution in [0.2, 0.25) is 0 Å². The van der Waals surface area contributed by atoms with Crippen molar-refractivity contribution < 1.29 is 14.7 Å². The summed E-state index contributed by atoms with van der Waals surface area (Å²) in [4.78, 5) is 23.2. The topological polar surface area (TPSA) is 71.3 Å². The van der Waals surface area contributed by atoms with E-state index in [1.807, 2.05) is 24.6 Å². The molecule has 2 rings (SSSR count).